The molecule has 0 aliphatic rings. The Hall–Kier alpha value is -0.480. The van der Waals surface area contributed by atoms with Crippen LogP contribution in [0.4, 0.5) is 0 Å². The van der Waals surface area contributed by atoms with E-state index in [-0.39, 0.29) is 6.10 Å². The van der Waals surface area contributed by atoms with Crippen molar-refractivity contribution in [2.75, 3.05) is 152 Å². The summed E-state index contributed by atoms with van der Waals surface area (Å²) in [5, 5.41) is 0. The summed E-state index contributed by atoms with van der Waals surface area (Å²) in [6.45, 7) is 18.7. The molecule has 12 heteroatoms. The Morgan fingerprint density at radius 3 is 0.641 bits per heavy atom. The highest BCUT2D eigenvalue weighted by atomic mass is 16.6. The smallest absolute Gasteiger partial charge is 0.0703 e. The molecule has 0 radical (unpaired) electrons. The maximum absolute atomic E-state index is 5.46. The second kappa shape index (κ2) is 35.5. The van der Waals surface area contributed by atoms with E-state index in [9.17, 15) is 0 Å². The fourth-order valence-electron chi connectivity index (χ4n) is 2.69. The van der Waals surface area contributed by atoms with Gasteiger partial charge in [0, 0.05) is 6.61 Å². The molecule has 12 nitrogen and oxygen atoms in total. The normalized spacial score (nSPS) is 11.7. The first-order valence-corrected chi connectivity index (χ1v) is 14.2. The van der Waals surface area contributed by atoms with Crippen LogP contribution >= 0.6 is 0 Å². The third-order valence-electron chi connectivity index (χ3n) is 4.60. The molecule has 0 unspecified atom stereocenters. The summed E-state index contributed by atoms with van der Waals surface area (Å²) in [4.78, 5) is 0. The highest BCUT2D eigenvalue weighted by molar-refractivity contribution is 4.40. The van der Waals surface area contributed by atoms with Crippen LogP contribution in [0.1, 0.15) is 20.8 Å². The zero-order valence-corrected chi connectivity index (χ0v) is 24.7. The fraction of sp³-hybridized carbons (Fsp3) is 1.00. The number of rotatable bonds is 35. The van der Waals surface area contributed by atoms with E-state index in [1.807, 2.05) is 20.8 Å². The first kappa shape index (κ1) is 38.5. The lowest BCUT2D eigenvalue weighted by molar-refractivity contribution is -0.0292. The second-order valence-electron chi connectivity index (χ2n) is 8.24. The van der Waals surface area contributed by atoms with Gasteiger partial charge in [-0.25, -0.2) is 0 Å². The summed E-state index contributed by atoms with van der Waals surface area (Å²) in [6.07, 6.45) is 0.234. The number of ether oxygens (including phenoxy) is 12. The molecule has 0 aromatic heterocycles. The molecule has 0 bridgehead atoms. The van der Waals surface area contributed by atoms with Gasteiger partial charge in [0.15, 0.2) is 0 Å². The molecule has 39 heavy (non-hydrogen) atoms. The molecule has 0 aliphatic heterocycles. The second-order valence-corrected chi connectivity index (χ2v) is 8.24. The standard InChI is InChI=1S/C27H56O12/c1-4-28-5-6-29-7-8-30-9-10-31-11-12-32-13-14-33-15-16-34-17-18-35-19-20-36-21-22-37-23-24-38-25-26-39-27(2)3/h27H,4-26H2,1-3H3. The molecule has 0 fully saturated rings. The minimum atomic E-state index is 0.234. The molecule has 0 aliphatic carbocycles. The number of hydrogen-bond donors (Lipinski definition) is 0. The maximum Gasteiger partial charge on any atom is 0.0703 e. The summed E-state index contributed by atoms with van der Waals surface area (Å²) in [5.41, 5.74) is 0. The Bertz CT molecular complexity index is 432. The van der Waals surface area contributed by atoms with Crippen molar-refractivity contribution in [2.45, 2.75) is 26.9 Å². The molecular formula is C27H56O12. The molecule has 0 spiro atoms. The van der Waals surface area contributed by atoms with Crippen molar-refractivity contribution in [3.05, 3.63) is 0 Å². The van der Waals surface area contributed by atoms with Gasteiger partial charge in [0.1, 0.15) is 0 Å². The predicted molar refractivity (Wildman–Crippen MR) is 146 cm³/mol. The molecule has 236 valence electrons. The molecule has 0 atom stereocenters. The van der Waals surface area contributed by atoms with Gasteiger partial charge in [0.2, 0.25) is 0 Å². The lowest BCUT2D eigenvalue weighted by Gasteiger charge is -2.09. The van der Waals surface area contributed by atoms with Crippen LogP contribution in [0.2, 0.25) is 0 Å². The Morgan fingerprint density at radius 2 is 0.462 bits per heavy atom. The maximum atomic E-state index is 5.46. The van der Waals surface area contributed by atoms with Crippen LogP contribution in [0.15, 0.2) is 0 Å². The summed E-state index contributed by atoms with van der Waals surface area (Å²) in [6, 6.07) is 0. The third kappa shape index (κ3) is 37.5. The Kier molecular flexibility index (Phi) is 35.1. The van der Waals surface area contributed by atoms with Crippen molar-refractivity contribution in [2.24, 2.45) is 0 Å². The zero-order chi connectivity index (χ0) is 28.3. The van der Waals surface area contributed by atoms with E-state index >= 15 is 0 Å². The largest absolute Gasteiger partial charge is 0.379 e. The van der Waals surface area contributed by atoms with Gasteiger partial charge in [-0.2, -0.15) is 0 Å². The van der Waals surface area contributed by atoms with Gasteiger partial charge in [-0.3, -0.25) is 0 Å². The molecule has 0 aromatic carbocycles. The Morgan fingerprint density at radius 1 is 0.282 bits per heavy atom. The SMILES string of the molecule is CCOCCOCCOCCOCCOCCOCCOCCOCCOCCOCCOCCOC(C)C. The van der Waals surface area contributed by atoms with Crippen molar-refractivity contribution in [3.63, 3.8) is 0 Å². The Labute approximate surface area is 236 Å². The van der Waals surface area contributed by atoms with Crippen molar-refractivity contribution in [1.82, 2.24) is 0 Å². The lowest BCUT2D eigenvalue weighted by Crippen LogP contribution is -2.15. The van der Waals surface area contributed by atoms with Crippen LogP contribution in [0, 0.1) is 0 Å². The van der Waals surface area contributed by atoms with Crippen molar-refractivity contribution in [1.29, 1.82) is 0 Å². The highest BCUT2D eigenvalue weighted by Gasteiger charge is 1.97. The predicted octanol–water partition coefficient (Wildman–Crippen LogP) is 1.61. The molecule has 0 saturated carbocycles. The molecule has 0 aromatic rings. The summed E-state index contributed by atoms with van der Waals surface area (Å²) < 4.78 is 64.9. The first-order valence-electron chi connectivity index (χ1n) is 14.2. The first-order chi connectivity index (χ1) is 19.3. The molecule has 0 saturated heterocycles. The monoisotopic (exact) mass is 572 g/mol. The van der Waals surface area contributed by atoms with E-state index in [1.54, 1.807) is 0 Å². The topological polar surface area (TPSA) is 111 Å². The average Bonchev–Trinajstić information content (AvgIpc) is 2.93. The Balaban J connectivity index is 3.02. The van der Waals surface area contributed by atoms with Crippen LogP contribution in [0.5, 0.6) is 0 Å². The minimum Gasteiger partial charge on any atom is -0.379 e. The average molecular weight is 573 g/mol. The molecular weight excluding hydrogens is 516 g/mol. The van der Waals surface area contributed by atoms with E-state index in [0.717, 1.165) is 0 Å². The molecule has 0 N–H and O–H groups in total. The van der Waals surface area contributed by atoms with Gasteiger partial charge in [-0.05, 0) is 20.8 Å². The van der Waals surface area contributed by atoms with Crippen molar-refractivity contribution in [3.8, 4) is 0 Å². The van der Waals surface area contributed by atoms with Crippen LogP contribution in [0.3, 0.4) is 0 Å². The van der Waals surface area contributed by atoms with E-state index in [4.69, 9.17) is 56.8 Å². The van der Waals surface area contributed by atoms with Crippen LogP contribution in [-0.4, -0.2) is 158 Å². The van der Waals surface area contributed by atoms with Crippen molar-refractivity contribution >= 4 is 0 Å². The van der Waals surface area contributed by atoms with E-state index in [2.05, 4.69) is 0 Å². The minimum absolute atomic E-state index is 0.234. The van der Waals surface area contributed by atoms with E-state index in [1.165, 1.54) is 0 Å². The zero-order valence-electron chi connectivity index (χ0n) is 24.7. The quantitative estimate of drug-likeness (QED) is 0.103. The van der Waals surface area contributed by atoms with Gasteiger partial charge in [0.25, 0.3) is 0 Å². The summed E-state index contributed by atoms with van der Waals surface area (Å²) in [5.74, 6) is 0. The lowest BCUT2D eigenvalue weighted by atomic mass is 10.5. The van der Waals surface area contributed by atoms with E-state index in [0.29, 0.717) is 152 Å². The van der Waals surface area contributed by atoms with Crippen molar-refractivity contribution < 1.29 is 56.8 Å². The van der Waals surface area contributed by atoms with Gasteiger partial charge < -0.3 is 56.8 Å². The van der Waals surface area contributed by atoms with E-state index < -0.39 is 0 Å². The fourth-order valence-corrected chi connectivity index (χ4v) is 2.69. The summed E-state index contributed by atoms with van der Waals surface area (Å²) >= 11 is 0. The van der Waals surface area contributed by atoms with Gasteiger partial charge in [-0.15, -0.1) is 0 Å². The third-order valence-corrected chi connectivity index (χ3v) is 4.60. The molecule has 0 amide bonds. The van der Waals surface area contributed by atoms with Crippen LogP contribution in [0.25, 0.3) is 0 Å². The van der Waals surface area contributed by atoms with Gasteiger partial charge in [-0.1, -0.05) is 0 Å². The highest BCUT2D eigenvalue weighted by Crippen LogP contribution is 1.89. The van der Waals surface area contributed by atoms with Gasteiger partial charge >= 0.3 is 0 Å². The van der Waals surface area contributed by atoms with Crippen LogP contribution in [-0.2, 0) is 56.8 Å². The molecule has 0 heterocycles. The molecule has 0 rings (SSSR count). The van der Waals surface area contributed by atoms with Gasteiger partial charge in [0.05, 0.1) is 151 Å². The summed E-state index contributed by atoms with van der Waals surface area (Å²) in [7, 11) is 0. The van der Waals surface area contributed by atoms with Crippen LogP contribution < -0.4 is 0 Å². The number of hydrogen-bond acceptors (Lipinski definition) is 12.